The van der Waals surface area contributed by atoms with Crippen LogP contribution in [0.4, 0.5) is 4.39 Å². The van der Waals surface area contributed by atoms with E-state index in [4.69, 9.17) is 4.74 Å². The molecular formula is C21H24FN3O3. The Labute approximate surface area is 163 Å². The van der Waals surface area contributed by atoms with Crippen molar-refractivity contribution in [3.63, 3.8) is 0 Å². The van der Waals surface area contributed by atoms with Crippen molar-refractivity contribution in [1.29, 1.82) is 5.26 Å². The number of nitrogens with one attached hydrogen (secondary N) is 1. The minimum atomic E-state index is -1.04. The lowest BCUT2D eigenvalue weighted by Gasteiger charge is -2.27. The second kappa shape index (κ2) is 8.26. The van der Waals surface area contributed by atoms with Gasteiger partial charge in [0.15, 0.2) is 6.61 Å². The predicted octanol–water partition coefficient (Wildman–Crippen LogP) is 3.44. The van der Waals surface area contributed by atoms with Gasteiger partial charge in [-0.1, -0.05) is 13.8 Å². The molecule has 2 aromatic rings. The van der Waals surface area contributed by atoms with E-state index < -0.39 is 24.0 Å². The summed E-state index contributed by atoms with van der Waals surface area (Å²) < 4.78 is 20.1. The largest absolute Gasteiger partial charge is 0.452 e. The second-order valence-corrected chi connectivity index (χ2v) is 7.19. The van der Waals surface area contributed by atoms with Crippen LogP contribution in [-0.2, 0) is 9.53 Å². The zero-order valence-corrected chi connectivity index (χ0v) is 16.7. The van der Waals surface area contributed by atoms with Gasteiger partial charge in [-0.05, 0) is 57.0 Å². The monoisotopic (exact) mass is 385 g/mol. The molecule has 0 aliphatic heterocycles. The third kappa shape index (κ3) is 4.39. The quantitative estimate of drug-likeness (QED) is 0.772. The molecule has 2 rings (SSSR count). The van der Waals surface area contributed by atoms with E-state index in [9.17, 15) is 19.2 Å². The highest BCUT2D eigenvalue weighted by Gasteiger charge is 2.30. The molecule has 1 amide bonds. The van der Waals surface area contributed by atoms with Gasteiger partial charge in [-0.2, -0.15) is 5.26 Å². The predicted molar refractivity (Wildman–Crippen MR) is 102 cm³/mol. The van der Waals surface area contributed by atoms with Gasteiger partial charge in [-0.15, -0.1) is 0 Å². The maximum absolute atomic E-state index is 13.2. The molecule has 0 saturated carbocycles. The molecule has 28 heavy (non-hydrogen) atoms. The molecule has 7 heteroatoms. The van der Waals surface area contributed by atoms with E-state index in [-0.39, 0.29) is 11.7 Å². The van der Waals surface area contributed by atoms with Crippen LogP contribution < -0.4 is 5.32 Å². The lowest BCUT2D eigenvalue weighted by atomic mass is 9.90. The van der Waals surface area contributed by atoms with E-state index in [1.54, 1.807) is 32.0 Å². The summed E-state index contributed by atoms with van der Waals surface area (Å²) in [5.74, 6) is -1.63. The van der Waals surface area contributed by atoms with Crippen molar-refractivity contribution < 1.29 is 18.7 Å². The van der Waals surface area contributed by atoms with E-state index in [2.05, 4.69) is 11.4 Å². The van der Waals surface area contributed by atoms with Crippen molar-refractivity contribution in [2.24, 2.45) is 5.92 Å². The van der Waals surface area contributed by atoms with Crippen LogP contribution in [0.2, 0.25) is 0 Å². The second-order valence-electron chi connectivity index (χ2n) is 7.19. The first-order valence-corrected chi connectivity index (χ1v) is 8.93. The highest BCUT2D eigenvalue weighted by atomic mass is 19.1. The number of esters is 1. The Bertz CT molecular complexity index is 926. The van der Waals surface area contributed by atoms with Crippen LogP contribution >= 0.6 is 0 Å². The van der Waals surface area contributed by atoms with Crippen molar-refractivity contribution in [3.8, 4) is 11.8 Å². The summed E-state index contributed by atoms with van der Waals surface area (Å²) in [7, 11) is 0. The van der Waals surface area contributed by atoms with Gasteiger partial charge >= 0.3 is 5.97 Å². The number of amides is 1. The Morgan fingerprint density at radius 1 is 1.29 bits per heavy atom. The summed E-state index contributed by atoms with van der Waals surface area (Å²) >= 11 is 0. The van der Waals surface area contributed by atoms with Gasteiger partial charge in [-0.25, -0.2) is 9.18 Å². The zero-order valence-electron chi connectivity index (χ0n) is 16.7. The first kappa shape index (κ1) is 21.2. The number of carbonyl (C=O) groups excluding carboxylic acids is 2. The summed E-state index contributed by atoms with van der Waals surface area (Å²) in [5, 5.41) is 11.9. The number of aromatic nitrogens is 1. The molecular weight excluding hydrogens is 361 g/mol. The number of benzene rings is 1. The van der Waals surface area contributed by atoms with Crippen LogP contribution in [0, 0.1) is 36.9 Å². The van der Waals surface area contributed by atoms with Crippen LogP contribution in [0.5, 0.6) is 0 Å². The summed E-state index contributed by atoms with van der Waals surface area (Å²) in [6.45, 7) is 8.34. The average molecular weight is 385 g/mol. The molecule has 1 aromatic heterocycles. The van der Waals surface area contributed by atoms with Crippen molar-refractivity contribution in [2.75, 3.05) is 6.61 Å². The number of nitriles is 1. The summed E-state index contributed by atoms with van der Waals surface area (Å²) in [5.41, 5.74) is 1.40. The number of halogens is 1. The maximum atomic E-state index is 13.2. The molecule has 148 valence electrons. The van der Waals surface area contributed by atoms with Gasteiger partial charge in [0.05, 0.1) is 11.6 Å². The first-order valence-electron chi connectivity index (χ1n) is 8.93. The lowest BCUT2D eigenvalue weighted by molar-refractivity contribution is -0.125. The van der Waals surface area contributed by atoms with Gasteiger partial charge in [0.2, 0.25) is 0 Å². The van der Waals surface area contributed by atoms with Crippen LogP contribution in [0.15, 0.2) is 30.3 Å². The molecule has 1 atom stereocenters. The summed E-state index contributed by atoms with van der Waals surface area (Å²) in [6.07, 6.45) is 0. The molecule has 0 unspecified atom stereocenters. The Kier molecular flexibility index (Phi) is 6.24. The summed E-state index contributed by atoms with van der Waals surface area (Å²) in [4.78, 5) is 24.5. The standard InChI is InChI=1S/C21H24FN3O3/c1-13(2)21(5,12-23)24-19(26)11-28-20(27)18-10-14(3)25(15(18)4)17-8-6-16(22)7-9-17/h6-10,13H,11H2,1-5H3,(H,24,26)/t21-/m0/s1. The Morgan fingerprint density at radius 2 is 1.89 bits per heavy atom. The van der Waals surface area contributed by atoms with Crippen molar-refractivity contribution in [3.05, 3.63) is 53.1 Å². The number of hydrogen-bond donors (Lipinski definition) is 1. The highest BCUT2D eigenvalue weighted by Crippen LogP contribution is 2.22. The molecule has 6 nitrogen and oxygen atoms in total. The minimum absolute atomic E-state index is 0.105. The smallest absolute Gasteiger partial charge is 0.340 e. The molecule has 0 aliphatic rings. The third-order valence-corrected chi connectivity index (χ3v) is 4.86. The summed E-state index contributed by atoms with van der Waals surface area (Å²) in [6, 6.07) is 9.65. The van der Waals surface area contributed by atoms with Crippen LogP contribution in [-0.4, -0.2) is 28.6 Å². The zero-order chi connectivity index (χ0) is 21.1. The fraction of sp³-hybridized carbons (Fsp3) is 0.381. The molecule has 0 spiro atoms. The first-order chi connectivity index (χ1) is 13.1. The van der Waals surface area contributed by atoms with E-state index in [0.717, 1.165) is 11.4 Å². The molecule has 1 N–H and O–H groups in total. The normalized spacial score (nSPS) is 12.9. The van der Waals surface area contributed by atoms with Crippen LogP contribution in [0.25, 0.3) is 5.69 Å². The lowest BCUT2D eigenvalue weighted by Crippen LogP contribution is -2.50. The average Bonchev–Trinajstić information content (AvgIpc) is 2.94. The Morgan fingerprint density at radius 3 is 2.43 bits per heavy atom. The molecule has 0 radical (unpaired) electrons. The number of ether oxygens (including phenoxy) is 1. The molecule has 0 saturated heterocycles. The van der Waals surface area contributed by atoms with Gasteiger partial charge in [0, 0.05) is 17.1 Å². The fourth-order valence-corrected chi connectivity index (χ4v) is 2.79. The maximum Gasteiger partial charge on any atom is 0.340 e. The van der Waals surface area contributed by atoms with Crippen molar-refractivity contribution >= 4 is 11.9 Å². The van der Waals surface area contributed by atoms with Gasteiger partial charge in [0.25, 0.3) is 5.91 Å². The van der Waals surface area contributed by atoms with Crippen molar-refractivity contribution in [1.82, 2.24) is 9.88 Å². The Balaban J connectivity index is 2.12. The number of nitrogens with zero attached hydrogens (tertiary/aromatic N) is 2. The van der Waals surface area contributed by atoms with E-state index in [1.165, 1.54) is 12.1 Å². The molecule has 0 bridgehead atoms. The highest BCUT2D eigenvalue weighted by molar-refractivity contribution is 5.93. The topological polar surface area (TPSA) is 84.1 Å². The number of carbonyl (C=O) groups is 2. The van der Waals surface area contributed by atoms with Crippen LogP contribution in [0.3, 0.4) is 0 Å². The third-order valence-electron chi connectivity index (χ3n) is 4.86. The fourth-order valence-electron chi connectivity index (χ4n) is 2.79. The molecule has 0 fully saturated rings. The van der Waals surface area contributed by atoms with E-state index >= 15 is 0 Å². The molecule has 0 aliphatic carbocycles. The van der Waals surface area contributed by atoms with E-state index in [0.29, 0.717) is 11.3 Å². The van der Waals surface area contributed by atoms with Gasteiger partial charge < -0.3 is 14.6 Å². The number of rotatable bonds is 6. The SMILES string of the molecule is Cc1cc(C(=O)OCC(=O)N[C@@](C)(C#N)C(C)C)c(C)n1-c1ccc(F)cc1. The van der Waals surface area contributed by atoms with Crippen molar-refractivity contribution in [2.45, 2.75) is 40.2 Å². The molecule has 1 aromatic carbocycles. The minimum Gasteiger partial charge on any atom is -0.452 e. The van der Waals surface area contributed by atoms with Gasteiger partial charge in [-0.3, -0.25) is 4.79 Å². The molecule has 1 heterocycles. The number of aryl methyl sites for hydroxylation is 1. The number of hydrogen-bond acceptors (Lipinski definition) is 4. The van der Waals surface area contributed by atoms with E-state index in [1.807, 2.05) is 25.3 Å². The Hall–Kier alpha value is -3.14. The van der Waals surface area contributed by atoms with Gasteiger partial charge in [0.1, 0.15) is 11.4 Å². The van der Waals surface area contributed by atoms with Crippen LogP contribution in [0.1, 0.15) is 42.5 Å².